The number of hydrogen-bond donors (Lipinski definition) is 1. The van der Waals surface area contributed by atoms with E-state index in [0.717, 1.165) is 57.2 Å². The Hall–Kier alpha value is -1.85. The number of piperazine rings is 1. The van der Waals surface area contributed by atoms with Crippen LogP contribution in [0.15, 0.2) is 55.1 Å². The fraction of sp³-hybridized carbons (Fsp3) is 0.440. The molecule has 0 bridgehead atoms. The molecule has 1 unspecified atom stereocenters. The molecule has 4 nitrogen and oxygen atoms in total. The zero-order valence-electron chi connectivity index (χ0n) is 18.0. The topological polar surface area (TPSA) is 41.7 Å². The molecule has 0 saturated carbocycles. The normalized spacial score (nSPS) is 18.9. The maximum atomic E-state index is 6.09. The summed E-state index contributed by atoms with van der Waals surface area (Å²) in [6, 6.07) is 14.8. The van der Waals surface area contributed by atoms with E-state index in [1.54, 1.807) is 6.08 Å². The van der Waals surface area contributed by atoms with Crippen LogP contribution in [0.4, 0.5) is 5.69 Å². The maximum Gasteiger partial charge on any atom is 0.0839 e. The lowest BCUT2D eigenvalue weighted by Crippen LogP contribution is -2.46. The molecule has 30 heavy (non-hydrogen) atoms. The first kappa shape index (κ1) is 22.8. The van der Waals surface area contributed by atoms with Crippen molar-refractivity contribution >= 4 is 17.3 Å². The Labute approximate surface area is 186 Å². The summed E-state index contributed by atoms with van der Waals surface area (Å²) >= 11 is 6.00. The quantitative estimate of drug-likeness (QED) is 0.695. The molecule has 2 heterocycles. The first-order valence-electron chi connectivity index (χ1n) is 10.9. The van der Waals surface area contributed by atoms with Crippen LogP contribution in [0.1, 0.15) is 36.1 Å². The Morgan fingerprint density at radius 3 is 2.50 bits per heavy atom. The van der Waals surface area contributed by atoms with E-state index in [1.165, 1.54) is 22.4 Å². The van der Waals surface area contributed by atoms with Crippen LogP contribution in [-0.2, 0) is 17.7 Å². The van der Waals surface area contributed by atoms with Crippen molar-refractivity contribution in [1.29, 1.82) is 0 Å². The summed E-state index contributed by atoms with van der Waals surface area (Å²) < 4.78 is 6.09. The van der Waals surface area contributed by atoms with Crippen LogP contribution in [0.2, 0.25) is 5.02 Å². The van der Waals surface area contributed by atoms with E-state index in [1.807, 2.05) is 19.1 Å². The molecule has 2 aromatic rings. The Morgan fingerprint density at radius 1 is 1.13 bits per heavy atom. The minimum Gasteiger partial charge on any atom is -0.373 e. The molecule has 2 N–H and O–H groups in total. The summed E-state index contributed by atoms with van der Waals surface area (Å²) in [7, 11) is 0. The summed E-state index contributed by atoms with van der Waals surface area (Å²) in [6.45, 7) is 12.1. The molecule has 162 valence electrons. The van der Waals surface area contributed by atoms with Gasteiger partial charge in [0.15, 0.2) is 0 Å². The van der Waals surface area contributed by atoms with Gasteiger partial charge < -0.3 is 15.4 Å². The molecule has 4 rings (SSSR count). The van der Waals surface area contributed by atoms with Gasteiger partial charge in [0.25, 0.3) is 0 Å². The second kappa shape index (κ2) is 11.5. The Balaban J connectivity index is 0.000000806. The number of nitrogens with two attached hydrogens (primary N) is 1. The van der Waals surface area contributed by atoms with Crippen LogP contribution < -0.4 is 10.6 Å². The number of hydrogen-bond acceptors (Lipinski definition) is 4. The largest absolute Gasteiger partial charge is 0.373 e. The average molecular weight is 428 g/mol. The minimum absolute atomic E-state index is 0.217. The number of halogens is 1. The highest BCUT2D eigenvalue weighted by Gasteiger charge is 2.23. The SMILES string of the molecule is C=CC.NCc1ccc2c(c1)CCOC2CCN1CCN(c2ccc(Cl)cc2)CC1. The molecule has 0 aromatic heterocycles. The number of ether oxygens (including phenoxy) is 1. The molecule has 2 aliphatic heterocycles. The van der Waals surface area contributed by atoms with Gasteiger partial charge in [-0.2, -0.15) is 0 Å². The van der Waals surface area contributed by atoms with Crippen molar-refractivity contribution in [2.75, 3.05) is 44.2 Å². The predicted molar refractivity (Wildman–Crippen MR) is 127 cm³/mol. The van der Waals surface area contributed by atoms with Gasteiger partial charge in [0.05, 0.1) is 12.7 Å². The van der Waals surface area contributed by atoms with E-state index < -0.39 is 0 Å². The van der Waals surface area contributed by atoms with Crippen LogP contribution in [-0.4, -0.2) is 44.2 Å². The van der Waals surface area contributed by atoms with Crippen LogP contribution in [0.25, 0.3) is 0 Å². The van der Waals surface area contributed by atoms with Crippen molar-refractivity contribution in [2.24, 2.45) is 5.73 Å². The van der Waals surface area contributed by atoms with Crippen molar-refractivity contribution in [1.82, 2.24) is 4.90 Å². The molecule has 1 saturated heterocycles. The van der Waals surface area contributed by atoms with Crippen LogP contribution in [0.3, 0.4) is 0 Å². The van der Waals surface area contributed by atoms with Crippen molar-refractivity contribution in [3.05, 3.63) is 76.8 Å². The molecular weight excluding hydrogens is 394 g/mol. The van der Waals surface area contributed by atoms with Gasteiger partial charge in [-0.1, -0.05) is 35.9 Å². The molecular formula is C25H34ClN3O. The lowest BCUT2D eigenvalue weighted by molar-refractivity contribution is 0.0289. The van der Waals surface area contributed by atoms with Gasteiger partial charge in [-0.25, -0.2) is 0 Å². The zero-order chi connectivity index (χ0) is 21.3. The molecule has 2 aromatic carbocycles. The number of fused-ring (bicyclic) bond motifs is 1. The number of rotatable bonds is 5. The van der Waals surface area contributed by atoms with E-state index in [2.05, 4.69) is 46.7 Å². The summed E-state index contributed by atoms with van der Waals surface area (Å²) in [4.78, 5) is 4.99. The highest BCUT2D eigenvalue weighted by Crippen LogP contribution is 2.31. The van der Waals surface area contributed by atoms with Gasteiger partial charge in [-0.15, -0.1) is 6.58 Å². The maximum absolute atomic E-state index is 6.09. The molecule has 0 spiro atoms. The standard InChI is InChI=1S/C22H28ClN3O.C3H6/c23-19-2-4-20(5-3-19)26-12-10-25(11-13-26)9-7-22-21-6-1-17(16-24)15-18(21)8-14-27-22;1-3-2/h1-6,15,22H,7-14,16,24H2;3H,1H2,2H3. The zero-order valence-corrected chi connectivity index (χ0v) is 18.8. The number of benzene rings is 2. The number of nitrogens with zero attached hydrogens (tertiary/aromatic N) is 2. The predicted octanol–water partition coefficient (Wildman–Crippen LogP) is 4.82. The molecule has 0 aliphatic carbocycles. The van der Waals surface area contributed by atoms with Crippen molar-refractivity contribution < 1.29 is 4.74 Å². The lowest BCUT2D eigenvalue weighted by atomic mass is 9.93. The van der Waals surface area contributed by atoms with Gasteiger partial charge in [0.1, 0.15) is 0 Å². The van der Waals surface area contributed by atoms with Gasteiger partial charge in [0.2, 0.25) is 0 Å². The van der Waals surface area contributed by atoms with E-state index in [9.17, 15) is 0 Å². The van der Waals surface area contributed by atoms with Crippen LogP contribution >= 0.6 is 11.6 Å². The fourth-order valence-corrected chi connectivity index (χ4v) is 4.26. The summed E-state index contributed by atoms with van der Waals surface area (Å²) in [5, 5.41) is 0.795. The van der Waals surface area contributed by atoms with Gasteiger partial charge >= 0.3 is 0 Å². The molecule has 2 aliphatic rings. The summed E-state index contributed by atoms with van der Waals surface area (Å²) in [5.74, 6) is 0. The Kier molecular flexibility index (Phi) is 8.76. The van der Waals surface area contributed by atoms with Gasteiger partial charge in [-0.3, -0.25) is 4.90 Å². The lowest BCUT2D eigenvalue weighted by Gasteiger charge is -2.37. The van der Waals surface area contributed by atoms with Crippen LogP contribution in [0.5, 0.6) is 0 Å². The molecule has 1 atom stereocenters. The van der Waals surface area contributed by atoms with Crippen LogP contribution in [0, 0.1) is 0 Å². The first-order chi connectivity index (χ1) is 14.6. The monoisotopic (exact) mass is 427 g/mol. The Bertz CT molecular complexity index is 801. The van der Waals surface area contributed by atoms with Crippen molar-refractivity contribution in [3.8, 4) is 0 Å². The fourth-order valence-electron chi connectivity index (χ4n) is 4.14. The van der Waals surface area contributed by atoms with E-state index in [-0.39, 0.29) is 6.10 Å². The number of allylic oxidation sites excluding steroid dienone is 1. The summed E-state index contributed by atoms with van der Waals surface area (Å²) in [6.07, 6.45) is 4.02. The minimum atomic E-state index is 0.217. The molecule has 0 radical (unpaired) electrons. The van der Waals surface area contributed by atoms with Crippen molar-refractivity contribution in [3.63, 3.8) is 0 Å². The Morgan fingerprint density at radius 2 is 1.83 bits per heavy atom. The average Bonchev–Trinajstić information content (AvgIpc) is 2.78. The smallest absolute Gasteiger partial charge is 0.0839 e. The second-order valence-corrected chi connectivity index (χ2v) is 8.29. The van der Waals surface area contributed by atoms with Gasteiger partial charge in [-0.05, 0) is 60.7 Å². The second-order valence-electron chi connectivity index (χ2n) is 7.85. The number of anilines is 1. The van der Waals surface area contributed by atoms with Gasteiger partial charge in [0, 0.05) is 50.0 Å². The molecule has 1 fully saturated rings. The first-order valence-corrected chi connectivity index (χ1v) is 11.3. The molecule has 5 heteroatoms. The third kappa shape index (κ3) is 6.08. The molecule has 0 amide bonds. The third-order valence-electron chi connectivity index (χ3n) is 5.75. The summed E-state index contributed by atoms with van der Waals surface area (Å²) in [5.41, 5.74) is 11.0. The van der Waals surface area contributed by atoms with Crippen molar-refractivity contribution in [2.45, 2.75) is 32.4 Å². The highest BCUT2D eigenvalue weighted by atomic mass is 35.5. The van der Waals surface area contributed by atoms with E-state index in [0.29, 0.717) is 6.54 Å². The highest BCUT2D eigenvalue weighted by molar-refractivity contribution is 6.30. The van der Waals surface area contributed by atoms with E-state index >= 15 is 0 Å². The third-order valence-corrected chi connectivity index (χ3v) is 6.00. The van der Waals surface area contributed by atoms with E-state index in [4.69, 9.17) is 22.1 Å².